The number of hydrogen-bond acceptors (Lipinski definition) is 4. The first-order valence-electron chi connectivity index (χ1n) is 7.15. The van der Waals surface area contributed by atoms with Crippen LogP contribution in [0.2, 0.25) is 0 Å². The van der Waals surface area contributed by atoms with Gasteiger partial charge in [-0.25, -0.2) is 0 Å². The van der Waals surface area contributed by atoms with Crippen molar-refractivity contribution in [1.29, 1.82) is 0 Å². The fourth-order valence-electron chi connectivity index (χ4n) is 2.15. The lowest BCUT2D eigenvalue weighted by molar-refractivity contribution is 0.0210. The summed E-state index contributed by atoms with van der Waals surface area (Å²) >= 11 is 0. The van der Waals surface area contributed by atoms with Crippen LogP contribution in [0.5, 0.6) is 0 Å². The summed E-state index contributed by atoms with van der Waals surface area (Å²) in [5.74, 6) is 2.38. The maximum atomic E-state index is 10.0. The second-order valence-electron chi connectivity index (χ2n) is 5.58. The van der Waals surface area contributed by atoms with E-state index in [4.69, 9.17) is 9.15 Å². The van der Waals surface area contributed by atoms with E-state index in [1.807, 2.05) is 19.1 Å². The number of rotatable bonds is 10. The molecule has 114 valence electrons. The molecular formula is C16H27NO3. The predicted octanol–water partition coefficient (Wildman–Crippen LogP) is 2.61. The highest BCUT2D eigenvalue weighted by atomic mass is 16.5. The van der Waals surface area contributed by atoms with Crippen LogP contribution < -0.4 is 0 Å². The maximum absolute atomic E-state index is 10.0. The van der Waals surface area contributed by atoms with Gasteiger partial charge in [-0.3, -0.25) is 4.90 Å². The van der Waals surface area contributed by atoms with Crippen LogP contribution in [0.4, 0.5) is 0 Å². The number of ether oxygens (including phenoxy) is 1. The normalized spacial score (nSPS) is 13.1. The molecular weight excluding hydrogens is 254 g/mol. The lowest BCUT2D eigenvalue weighted by Crippen LogP contribution is -2.36. The molecule has 1 aromatic rings. The molecule has 1 aromatic heterocycles. The van der Waals surface area contributed by atoms with Crippen LogP contribution in [0.15, 0.2) is 29.2 Å². The Kier molecular flexibility index (Phi) is 7.59. The first-order valence-corrected chi connectivity index (χ1v) is 7.15. The zero-order valence-corrected chi connectivity index (χ0v) is 12.8. The van der Waals surface area contributed by atoms with Gasteiger partial charge in [-0.15, -0.1) is 6.58 Å². The Morgan fingerprint density at radius 2 is 2.15 bits per heavy atom. The van der Waals surface area contributed by atoms with Crippen molar-refractivity contribution in [3.05, 3.63) is 36.3 Å². The minimum absolute atomic E-state index is 0.331. The summed E-state index contributed by atoms with van der Waals surface area (Å²) in [6.45, 7) is 12.9. The maximum Gasteiger partial charge on any atom is 0.118 e. The van der Waals surface area contributed by atoms with Crippen LogP contribution in [-0.4, -0.2) is 42.4 Å². The first-order chi connectivity index (χ1) is 9.51. The lowest BCUT2D eigenvalue weighted by atomic mass is 10.2. The standard InChI is InChI=1S/C16H27NO3/c1-5-8-19-12-15(18)10-17(9-13(2)3)11-16-7-6-14(4)20-16/h5-7,13,15,18H,1,8-12H2,2-4H3/t15-/m0/s1. The molecule has 20 heavy (non-hydrogen) atoms. The van der Waals surface area contributed by atoms with E-state index in [0.717, 1.165) is 18.1 Å². The van der Waals surface area contributed by atoms with Gasteiger partial charge in [-0.2, -0.15) is 0 Å². The van der Waals surface area contributed by atoms with E-state index in [9.17, 15) is 5.11 Å². The van der Waals surface area contributed by atoms with E-state index < -0.39 is 6.10 Å². The highest BCUT2D eigenvalue weighted by molar-refractivity contribution is 5.05. The molecule has 0 aromatic carbocycles. The van der Waals surface area contributed by atoms with Gasteiger partial charge in [0, 0.05) is 13.1 Å². The third-order valence-corrected chi connectivity index (χ3v) is 2.81. The number of aryl methyl sites for hydroxylation is 1. The molecule has 0 fully saturated rings. The van der Waals surface area contributed by atoms with Crippen LogP contribution in [0.1, 0.15) is 25.4 Å². The summed E-state index contributed by atoms with van der Waals surface area (Å²) in [5.41, 5.74) is 0. The van der Waals surface area contributed by atoms with Crippen LogP contribution in [0.3, 0.4) is 0 Å². The Bertz CT molecular complexity index is 387. The van der Waals surface area contributed by atoms with Crippen molar-refractivity contribution in [2.45, 2.75) is 33.4 Å². The molecule has 0 spiro atoms. The lowest BCUT2D eigenvalue weighted by Gasteiger charge is -2.25. The Morgan fingerprint density at radius 3 is 2.70 bits per heavy atom. The molecule has 0 unspecified atom stereocenters. The van der Waals surface area contributed by atoms with Gasteiger partial charge in [0.05, 0.1) is 25.9 Å². The summed E-state index contributed by atoms with van der Waals surface area (Å²) in [7, 11) is 0. The first kappa shape index (κ1) is 17.0. The van der Waals surface area contributed by atoms with E-state index in [2.05, 4.69) is 25.3 Å². The molecule has 0 bridgehead atoms. The minimum atomic E-state index is -0.496. The van der Waals surface area contributed by atoms with Crippen molar-refractivity contribution in [1.82, 2.24) is 4.90 Å². The zero-order chi connectivity index (χ0) is 15.0. The van der Waals surface area contributed by atoms with Gasteiger partial charge in [-0.1, -0.05) is 19.9 Å². The molecule has 0 saturated carbocycles. The van der Waals surface area contributed by atoms with E-state index in [1.165, 1.54) is 0 Å². The van der Waals surface area contributed by atoms with Crippen molar-refractivity contribution in [2.24, 2.45) is 5.92 Å². The summed E-state index contributed by atoms with van der Waals surface area (Å²) in [5, 5.41) is 10.0. The summed E-state index contributed by atoms with van der Waals surface area (Å²) in [4.78, 5) is 2.20. The molecule has 0 radical (unpaired) electrons. The Hall–Kier alpha value is -1.10. The van der Waals surface area contributed by atoms with Gasteiger partial charge in [0.25, 0.3) is 0 Å². The third-order valence-electron chi connectivity index (χ3n) is 2.81. The summed E-state index contributed by atoms with van der Waals surface area (Å²) in [6.07, 6.45) is 1.19. The van der Waals surface area contributed by atoms with E-state index in [-0.39, 0.29) is 0 Å². The molecule has 1 N–H and O–H groups in total. The SMILES string of the molecule is C=CCOC[C@@H](O)CN(Cc1ccc(C)o1)CC(C)C. The minimum Gasteiger partial charge on any atom is -0.465 e. The fraction of sp³-hybridized carbons (Fsp3) is 0.625. The van der Waals surface area contributed by atoms with Crippen LogP contribution in [0, 0.1) is 12.8 Å². The van der Waals surface area contributed by atoms with Crippen molar-refractivity contribution in [3.8, 4) is 0 Å². The quantitative estimate of drug-likeness (QED) is 0.529. The Morgan fingerprint density at radius 1 is 1.40 bits per heavy atom. The topological polar surface area (TPSA) is 45.8 Å². The largest absolute Gasteiger partial charge is 0.465 e. The number of aliphatic hydroxyl groups is 1. The van der Waals surface area contributed by atoms with Gasteiger partial charge in [-0.05, 0) is 25.0 Å². The second kappa shape index (κ2) is 8.95. The van der Waals surface area contributed by atoms with Crippen LogP contribution in [0.25, 0.3) is 0 Å². The average Bonchev–Trinajstić information content (AvgIpc) is 2.74. The summed E-state index contributed by atoms with van der Waals surface area (Å²) in [6, 6.07) is 3.95. The number of furan rings is 1. The summed E-state index contributed by atoms with van der Waals surface area (Å²) < 4.78 is 10.9. The second-order valence-corrected chi connectivity index (χ2v) is 5.58. The van der Waals surface area contributed by atoms with Gasteiger partial charge in [0.1, 0.15) is 11.5 Å². The van der Waals surface area contributed by atoms with E-state index in [0.29, 0.717) is 32.2 Å². The third kappa shape index (κ3) is 6.89. The monoisotopic (exact) mass is 281 g/mol. The van der Waals surface area contributed by atoms with Gasteiger partial charge in [0.15, 0.2) is 0 Å². The fourth-order valence-corrected chi connectivity index (χ4v) is 2.15. The number of hydrogen-bond donors (Lipinski definition) is 1. The number of nitrogens with zero attached hydrogens (tertiary/aromatic N) is 1. The van der Waals surface area contributed by atoms with Crippen LogP contribution >= 0.6 is 0 Å². The average molecular weight is 281 g/mol. The Balaban J connectivity index is 2.48. The molecule has 1 atom stereocenters. The van der Waals surface area contributed by atoms with Gasteiger partial charge in [0.2, 0.25) is 0 Å². The highest BCUT2D eigenvalue weighted by Crippen LogP contribution is 2.11. The van der Waals surface area contributed by atoms with Gasteiger partial charge < -0.3 is 14.3 Å². The predicted molar refractivity (Wildman–Crippen MR) is 80.6 cm³/mol. The zero-order valence-electron chi connectivity index (χ0n) is 12.8. The highest BCUT2D eigenvalue weighted by Gasteiger charge is 2.15. The number of aliphatic hydroxyl groups excluding tert-OH is 1. The van der Waals surface area contributed by atoms with Crippen molar-refractivity contribution in [3.63, 3.8) is 0 Å². The smallest absolute Gasteiger partial charge is 0.118 e. The molecule has 0 aliphatic heterocycles. The van der Waals surface area contributed by atoms with E-state index in [1.54, 1.807) is 6.08 Å². The van der Waals surface area contributed by atoms with Crippen LogP contribution in [-0.2, 0) is 11.3 Å². The molecule has 4 nitrogen and oxygen atoms in total. The Labute approximate surface area is 122 Å². The molecule has 4 heteroatoms. The molecule has 0 amide bonds. The van der Waals surface area contributed by atoms with Crippen molar-refractivity contribution in [2.75, 3.05) is 26.3 Å². The molecule has 0 saturated heterocycles. The van der Waals surface area contributed by atoms with Gasteiger partial charge >= 0.3 is 0 Å². The molecule has 1 heterocycles. The molecule has 0 aliphatic rings. The molecule has 1 rings (SSSR count). The molecule has 0 aliphatic carbocycles. The van der Waals surface area contributed by atoms with Crippen molar-refractivity contribution >= 4 is 0 Å². The van der Waals surface area contributed by atoms with E-state index >= 15 is 0 Å². The van der Waals surface area contributed by atoms with Crippen molar-refractivity contribution < 1.29 is 14.3 Å².